The number of rotatable bonds is 7. The van der Waals surface area contributed by atoms with Crippen molar-refractivity contribution in [2.24, 2.45) is 0 Å². The van der Waals surface area contributed by atoms with Crippen LogP contribution in [0.15, 0.2) is 0 Å². The molecule has 0 spiro atoms. The summed E-state index contributed by atoms with van der Waals surface area (Å²) in [7, 11) is 1.84. The molecule has 0 aromatic carbocycles. The van der Waals surface area contributed by atoms with E-state index in [-0.39, 0.29) is 12.0 Å². The van der Waals surface area contributed by atoms with E-state index in [0.29, 0.717) is 25.6 Å². The molecule has 1 saturated heterocycles. The van der Waals surface area contributed by atoms with Gasteiger partial charge in [0.1, 0.15) is 0 Å². The number of carbonyl (C=O) groups excluding carboxylic acids is 1. The Labute approximate surface area is 110 Å². The molecule has 2 unspecified atom stereocenters. The van der Waals surface area contributed by atoms with Crippen molar-refractivity contribution in [1.82, 2.24) is 15.1 Å². The van der Waals surface area contributed by atoms with Gasteiger partial charge in [0.15, 0.2) is 0 Å². The maximum absolute atomic E-state index is 11.3. The van der Waals surface area contributed by atoms with Crippen LogP contribution < -0.4 is 5.32 Å². The fourth-order valence-electron chi connectivity index (χ4n) is 2.33. The number of nitrogens with zero attached hydrogens (tertiary/aromatic N) is 2. The maximum atomic E-state index is 11.3. The highest BCUT2D eigenvalue weighted by Crippen LogP contribution is 2.09. The number of nitrogens with one attached hydrogen (secondary N) is 1. The Morgan fingerprint density at radius 3 is 2.72 bits per heavy atom. The van der Waals surface area contributed by atoms with E-state index in [1.165, 1.54) is 0 Å². The largest absolute Gasteiger partial charge is 0.390 e. The number of piperidine rings is 1. The Hall–Kier alpha value is -0.650. The summed E-state index contributed by atoms with van der Waals surface area (Å²) in [4.78, 5) is 15.3. The summed E-state index contributed by atoms with van der Waals surface area (Å²) in [5.41, 5.74) is 0. The minimum Gasteiger partial charge on any atom is -0.390 e. The molecule has 0 saturated carbocycles. The van der Waals surface area contributed by atoms with Crippen molar-refractivity contribution in [2.75, 3.05) is 39.8 Å². The number of likely N-dealkylation sites (tertiary alicyclic amines) is 1. The van der Waals surface area contributed by atoms with E-state index in [1.54, 1.807) is 4.90 Å². The first kappa shape index (κ1) is 15.4. The molecule has 1 fully saturated rings. The van der Waals surface area contributed by atoms with E-state index in [2.05, 4.69) is 24.1 Å². The van der Waals surface area contributed by atoms with Crippen molar-refractivity contribution in [2.45, 2.75) is 38.8 Å². The fraction of sp³-hybridized carbons (Fsp3) is 0.923. The van der Waals surface area contributed by atoms with Crippen LogP contribution >= 0.6 is 0 Å². The van der Waals surface area contributed by atoms with Crippen molar-refractivity contribution >= 4 is 5.91 Å². The topological polar surface area (TPSA) is 55.8 Å². The van der Waals surface area contributed by atoms with Crippen LogP contribution in [-0.4, -0.2) is 72.7 Å². The Morgan fingerprint density at radius 2 is 2.17 bits per heavy atom. The van der Waals surface area contributed by atoms with Gasteiger partial charge in [-0.2, -0.15) is 0 Å². The van der Waals surface area contributed by atoms with Gasteiger partial charge in [0, 0.05) is 39.1 Å². The molecule has 2 N–H and O–H groups in total. The van der Waals surface area contributed by atoms with Gasteiger partial charge < -0.3 is 20.2 Å². The molecule has 1 aliphatic rings. The molecule has 2 atom stereocenters. The number of likely N-dealkylation sites (N-methyl/N-ethyl adjacent to an activating group) is 2. The lowest BCUT2D eigenvalue weighted by Gasteiger charge is -2.31. The van der Waals surface area contributed by atoms with Gasteiger partial charge >= 0.3 is 0 Å². The minimum absolute atomic E-state index is 0.219. The van der Waals surface area contributed by atoms with E-state index in [9.17, 15) is 9.90 Å². The maximum Gasteiger partial charge on any atom is 0.222 e. The zero-order chi connectivity index (χ0) is 13.5. The van der Waals surface area contributed by atoms with Crippen LogP contribution in [0.2, 0.25) is 0 Å². The number of aliphatic hydroxyl groups excluding tert-OH is 1. The SMILES string of the molecule is CCN(CC)CC(O)CNC1CCC(=O)N(C)C1. The summed E-state index contributed by atoms with van der Waals surface area (Å²) in [5.74, 6) is 0.219. The van der Waals surface area contributed by atoms with Gasteiger partial charge in [-0.15, -0.1) is 0 Å². The average Bonchev–Trinajstić information content (AvgIpc) is 2.37. The Balaban J connectivity index is 2.22. The van der Waals surface area contributed by atoms with E-state index in [1.807, 2.05) is 7.05 Å². The van der Waals surface area contributed by atoms with Crippen LogP contribution in [0.4, 0.5) is 0 Å². The van der Waals surface area contributed by atoms with Crippen LogP contribution in [0.5, 0.6) is 0 Å². The molecule has 0 aliphatic carbocycles. The predicted octanol–water partition coefficient (Wildman–Crippen LogP) is -0.100. The molecule has 0 aromatic heterocycles. The monoisotopic (exact) mass is 257 g/mol. The van der Waals surface area contributed by atoms with Gasteiger partial charge in [-0.05, 0) is 19.5 Å². The summed E-state index contributed by atoms with van der Waals surface area (Å²) in [6, 6.07) is 0.319. The Morgan fingerprint density at radius 1 is 1.50 bits per heavy atom. The van der Waals surface area contributed by atoms with Gasteiger partial charge in [-0.25, -0.2) is 0 Å². The average molecular weight is 257 g/mol. The predicted molar refractivity (Wildman–Crippen MR) is 72.5 cm³/mol. The van der Waals surface area contributed by atoms with Crippen LogP contribution in [0.1, 0.15) is 26.7 Å². The summed E-state index contributed by atoms with van der Waals surface area (Å²) < 4.78 is 0. The first-order chi connectivity index (χ1) is 8.56. The van der Waals surface area contributed by atoms with Crippen molar-refractivity contribution < 1.29 is 9.90 Å². The van der Waals surface area contributed by atoms with Gasteiger partial charge in [0.05, 0.1) is 6.10 Å². The first-order valence-electron chi connectivity index (χ1n) is 6.94. The zero-order valence-electron chi connectivity index (χ0n) is 11.9. The molecule has 1 heterocycles. The lowest BCUT2D eigenvalue weighted by atomic mass is 10.1. The van der Waals surface area contributed by atoms with Crippen molar-refractivity contribution in [3.63, 3.8) is 0 Å². The molecular weight excluding hydrogens is 230 g/mol. The highest BCUT2D eigenvalue weighted by atomic mass is 16.3. The molecule has 1 amide bonds. The van der Waals surface area contributed by atoms with Crippen molar-refractivity contribution in [1.29, 1.82) is 0 Å². The summed E-state index contributed by atoms with van der Waals surface area (Å²) in [6.07, 6.45) is 1.15. The lowest BCUT2D eigenvalue weighted by molar-refractivity contribution is -0.132. The third-order valence-electron chi connectivity index (χ3n) is 3.63. The van der Waals surface area contributed by atoms with Gasteiger partial charge in [-0.3, -0.25) is 4.79 Å². The van der Waals surface area contributed by atoms with Crippen LogP contribution in [0.25, 0.3) is 0 Å². The Bertz CT molecular complexity index is 257. The minimum atomic E-state index is -0.340. The zero-order valence-corrected chi connectivity index (χ0v) is 11.9. The third kappa shape index (κ3) is 4.92. The second kappa shape index (κ2) is 7.71. The molecule has 0 radical (unpaired) electrons. The number of amides is 1. The molecular formula is C13H27N3O2. The van der Waals surface area contributed by atoms with Gasteiger partial charge in [0.2, 0.25) is 5.91 Å². The summed E-state index contributed by atoms with van der Waals surface area (Å²) in [6.45, 7) is 8.20. The van der Waals surface area contributed by atoms with Crippen LogP contribution in [0, 0.1) is 0 Å². The quantitative estimate of drug-likeness (QED) is 0.669. The van der Waals surface area contributed by atoms with Crippen LogP contribution in [-0.2, 0) is 4.79 Å². The molecule has 1 aliphatic heterocycles. The molecule has 0 aromatic rings. The van der Waals surface area contributed by atoms with Crippen molar-refractivity contribution in [3.8, 4) is 0 Å². The Kier molecular flexibility index (Phi) is 6.60. The molecule has 5 nitrogen and oxygen atoms in total. The van der Waals surface area contributed by atoms with Gasteiger partial charge in [-0.1, -0.05) is 13.8 Å². The van der Waals surface area contributed by atoms with E-state index < -0.39 is 0 Å². The second-order valence-electron chi connectivity index (χ2n) is 5.06. The number of hydrogen-bond donors (Lipinski definition) is 2. The third-order valence-corrected chi connectivity index (χ3v) is 3.63. The van der Waals surface area contributed by atoms with Crippen LogP contribution in [0.3, 0.4) is 0 Å². The smallest absolute Gasteiger partial charge is 0.222 e. The number of carbonyl (C=O) groups is 1. The number of hydrogen-bond acceptors (Lipinski definition) is 4. The summed E-state index contributed by atoms with van der Waals surface area (Å²) >= 11 is 0. The lowest BCUT2D eigenvalue weighted by Crippen LogP contribution is -2.49. The molecule has 0 bridgehead atoms. The molecule has 18 heavy (non-hydrogen) atoms. The summed E-state index contributed by atoms with van der Waals surface area (Å²) in [5, 5.41) is 13.3. The van der Waals surface area contributed by atoms with Gasteiger partial charge in [0.25, 0.3) is 0 Å². The first-order valence-corrected chi connectivity index (χ1v) is 6.94. The normalized spacial score (nSPS) is 22.6. The molecule has 106 valence electrons. The standard InChI is InChI=1S/C13H27N3O2/c1-4-16(5-2)10-12(17)8-14-11-6-7-13(18)15(3)9-11/h11-12,14,17H,4-10H2,1-3H3. The second-order valence-corrected chi connectivity index (χ2v) is 5.06. The number of aliphatic hydroxyl groups is 1. The highest BCUT2D eigenvalue weighted by Gasteiger charge is 2.22. The fourth-order valence-corrected chi connectivity index (χ4v) is 2.33. The molecule has 1 rings (SSSR count). The van der Waals surface area contributed by atoms with Crippen molar-refractivity contribution in [3.05, 3.63) is 0 Å². The van der Waals surface area contributed by atoms with E-state index in [4.69, 9.17) is 0 Å². The van der Waals surface area contributed by atoms with E-state index in [0.717, 1.165) is 26.1 Å². The highest BCUT2D eigenvalue weighted by molar-refractivity contribution is 5.76. The van der Waals surface area contributed by atoms with E-state index >= 15 is 0 Å². The molecule has 5 heteroatoms.